The molecule has 2 unspecified atom stereocenters. The molecule has 0 aromatic carbocycles. The molecule has 1 aromatic heterocycles. The normalized spacial score (nSPS) is 15.6. The topological polar surface area (TPSA) is 25.8 Å². The van der Waals surface area contributed by atoms with E-state index in [-0.39, 0.29) is 0 Å². The Kier molecular flexibility index (Phi) is 4.76. The molecule has 0 saturated heterocycles. The lowest BCUT2D eigenvalue weighted by molar-refractivity contribution is 0.485. The van der Waals surface area contributed by atoms with Crippen LogP contribution in [0.5, 0.6) is 0 Å². The molecule has 1 rings (SSSR count). The number of hydrogen-bond donors (Lipinski definition) is 0. The third kappa shape index (κ3) is 2.89. The number of nitrogens with zero attached hydrogens (tertiary/aromatic N) is 2. The zero-order valence-electron chi connectivity index (χ0n) is 8.54. The van der Waals surface area contributed by atoms with Crippen LogP contribution in [0.25, 0.3) is 0 Å². The second kappa shape index (κ2) is 5.39. The summed E-state index contributed by atoms with van der Waals surface area (Å²) in [6.07, 6.45) is 3.50. The van der Waals surface area contributed by atoms with Crippen LogP contribution in [-0.2, 0) is 0 Å². The molecule has 0 N–H and O–H groups in total. The number of halogens is 2. The van der Waals surface area contributed by atoms with Crippen LogP contribution in [0, 0.1) is 9.49 Å². The highest BCUT2D eigenvalue weighted by molar-refractivity contribution is 14.1. The molecule has 14 heavy (non-hydrogen) atoms. The zero-order valence-corrected chi connectivity index (χ0v) is 12.3. The van der Waals surface area contributed by atoms with Gasteiger partial charge in [-0.3, -0.25) is 0 Å². The molecule has 0 saturated carbocycles. The maximum Gasteiger partial charge on any atom is 0.115 e. The second-order valence-electron chi connectivity index (χ2n) is 3.70. The third-order valence-electron chi connectivity index (χ3n) is 2.22. The van der Waals surface area contributed by atoms with Gasteiger partial charge in [0.25, 0.3) is 0 Å². The predicted molar refractivity (Wildman–Crippen MR) is 70.7 cm³/mol. The SMILES string of the molecule is CC(C)C(c1ncncc1I)C(C)Br. The summed E-state index contributed by atoms with van der Waals surface area (Å²) in [7, 11) is 0. The van der Waals surface area contributed by atoms with Crippen LogP contribution in [-0.4, -0.2) is 14.8 Å². The Morgan fingerprint density at radius 3 is 2.43 bits per heavy atom. The minimum absolute atomic E-state index is 0.436. The molecule has 0 spiro atoms. The number of aromatic nitrogens is 2. The van der Waals surface area contributed by atoms with E-state index in [2.05, 4.69) is 69.3 Å². The van der Waals surface area contributed by atoms with Gasteiger partial charge in [0.1, 0.15) is 6.33 Å². The molecular weight excluding hydrogens is 355 g/mol. The molecular formula is C10H14BrIN2. The molecule has 0 amide bonds. The van der Waals surface area contributed by atoms with E-state index in [1.165, 1.54) is 0 Å². The lowest BCUT2D eigenvalue weighted by Gasteiger charge is -2.23. The fraction of sp³-hybridized carbons (Fsp3) is 0.600. The molecule has 0 aliphatic carbocycles. The lowest BCUT2D eigenvalue weighted by atomic mass is 9.90. The first kappa shape index (κ1) is 12.4. The van der Waals surface area contributed by atoms with E-state index in [1.54, 1.807) is 6.33 Å². The van der Waals surface area contributed by atoms with Crippen molar-refractivity contribution in [3.8, 4) is 0 Å². The molecule has 0 radical (unpaired) electrons. The molecule has 1 aromatic rings. The van der Waals surface area contributed by atoms with E-state index in [9.17, 15) is 0 Å². The average molecular weight is 369 g/mol. The molecule has 0 aliphatic rings. The fourth-order valence-electron chi connectivity index (χ4n) is 1.63. The Labute approximate surface area is 107 Å². The van der Waals surface area contributed by atoms with Crippen molar-refractivity contribution in [1.82, 2.24) is 9.97 Å². The van der Waals surface area contributed by atoms with Gasteiger partial charge in [-0.2, -0.15) is 0 Å². The highest BCUT2D eigenvalue weighted by Gasteiger charge is 2.24. The number of hydrogen-bond acceptors (Lipinski definition) is 2. The molecule has 78 valence electrons. The van der Waals surface area contributed by atoms with Crippen LogP contribution in [0.3, 0.4) is 0 Å². The predicted octanol–water partition coefficient (Wildman–Crippen LogP) is 3.60. The summed E-state index contributed by atoms with van der Waals surface area (Å²) in [4.78, 5) is 8.82. The Morgan fingerprint density at radius 1 is 1.36 bits per heavy atom. The van der Waals surface area contributed by atoms with Crippen LogP contribution >= 0.6 is 38.5 Å². The third-order valence-corrected chi connectivity index (χ3v) is 3.63. The van der Waals surface area contributed by atoms with Crippen molar-refractivity contribution < 1.29 is 0 Å². The molecule has 1 heterocycles. The monoisotopic (exact) mass is 368 g/mol. The van der Waals surface area contributed by atoms with Gasteiger partial charge >= 0.3 is 0 Å². The first-order valence-corrected chi connectivity index (χ1v) is 6.63. The standard InChI is InChI=1S/C10H14BrIN2/c1-6(2)9(7(3)11)10-8(12)4-13-5-14-10/h4-7,9H,1-3H3. The van der Waals surface area contributed by atoms with Gasteiger partial charge in [0.05, 0.1) is 9.26 Å². The minimum Gasteiger partial charge on any atom is -0.244 e. The average Bonchev–Trinajstić information content (AvgIpc) is 2.07. The lowest BCUT2D eigenvalue weighted by Crippen LogP contribution is -2.18. The molecule has 0 fully saturated rings. The van der Waals surface area contributed by atoms with Gasteiger partial charge in [0, 0.05) is 16.9 Å². The van der Waals surface area contributed by atoms with Crippen molar-refractivity contribution in [2.45, 2.75) is 31.5 Å². The summed E-state index contributed by atoms with van der Waals surface area (Å²) >= 11 is 5.94. The smallest absolute Gasteiger partial charge is 0.115 e. The first-order chi connectivity index (χ1) is 6.54. The van der Waals surface area contributed by atoms with Crippen LogP contribution in [0.4, 0.5) is 0 Å². The number of alkyl halides is 1. The molecule has 4 heteroatoms. The summed E-state index contributed by atoms with van der Waals surface area (Å²) < 4.78 is 1.15. The largest absolute Gasteiger partial charge is 0.244 e. The van der Waals surface area contributed by atoms with Crippen LogP contribution in [0.2, 0.25) is 0 Å². The summed E-state index contributed by atoms with van der Waals surface area (Å²) in [5, 5.41) is 0. The van der Waals surface area contributed by atoms with Crippen LogP contribution in [0.15, 0.2) is 12.5 Å². The second-order valence-corrected chi connectivity index (χ2v) is 6.31. The van der Waals surface area contributed by atoms with Gasteiger partial charge in [-0.05, 0) is 28.5 Å². The quantitative estimate of drug-likeness (QED) is 0.601. The Hall–Kier alpha value is 0.290. The van der Waals surface area contributed by atoms with Gasteiger partial charge in [-0.15, -0.1) is 0 Å². The molecule has 0 bridgehead atoms. The maximum atomic E-state index is 4.37. The maximum absolute atomic E-state index is 4.37. The van der Waals surface area contributed by atoms with Crippen LogP contribution < -0.4 is 0 Å². The molecule has 0 aliphatic heterocycles. The van der Waals surface area contributed by atoms with Gasteiger partial charge < -0.3 is 0 Å². The van der Waals surface area contributed by atoms with Crippen molar-refractivity contribution in [3.63, 3.8) is 0 Å². The first-order valence-electron chi connectivity index (χ1n) is 4.63. The fourth-order valence-corrected chi connectivity index (χ4v) is 3.15. The Balaban J connectivity index is 3.05. The van der Waals surface area contributed by atoms with Crippen molar-refractivity contribution in [3.05, 3.63) is 21.8 Å². The molecule has 2 nitrogen and oxygen atoms in total. The van der Waals surface area contributed by atoms with E-state index in [4.69, 9.17) is 0 Å². The summed E-state index contributed by atoms with van der Waals surface area (Å²) in [5.74, 6) is 1.03. The van der Waals surface area contributed by atoms with E-state index in [0.717, 1.165) is 9.26 Å². The van der Waals surface area contributed by atoms with Crippen molar-refractivity contribution in [1.29, 1.82) is 0 Å². The van der Waals surface area contributed by atoms with E-state index in [1.807, 2.05) is 6.20 Å². The van der Waals surface area contributed by atoms with Gasteiger partial charge in [-0.1, -0.05) is 36.7 Å². The summed E-state index contributed by atoms with van der Waals surface area (Å²) in [6.45, 7) is 6.62. The van der Waals surface area contributed by atoms with Crippen LogP contribution in [0.1, 0.15) is 32.4 Å². The van der Waals surface area contributed by atoms with Gasteiger partial charge in [-0.25, -0.2) is 9.97 Å². The van der Waals surface area contributed by atoms with E-state index >= 15 is 0 Å². The summed E-state index contributed by atoms with van der Waals surface area (Å²) in [6, 6.07) is 0. The van der Waals surface area contributed by atoms with E-state index < -0.39 is 0 Å². The van der Waals surface area contributed by atoms with Crippen molar-refractivity contribution in [2.75, 3.05) is 0 Å². The Morgan fingerprint density at radius 2 is 2.00 bits per heavy atom. The van der Waals surface area contributed by atoms with Gasteiger partial charge in [0.2, 0.25) is 0 Å². The van der Waals surface area contributed by atoms with E-state index in [0.29, 0.717) is 16.7 Å². The zero-order chi connectivity index (χ0) is 10.7. The highest BCUT2D eigenvalue weighted by atomic mass is 127. The Bertz CT molecular complexity index is 294. The van der Waals surface area contributed by atoms with Crippen molar-refractivity contribution >= 4 is 38.5 Å². The van der Waals surface area contributed by atoms with Crippen molar-refractivity contribution in [2.24, 2.45) is 5.92 Å². The molecule has 2 atom stereocenters. The minimum atomic E-state index is 0.436. The summed E-state index contributed by atoms with van der Waals surface area (Å²) in [5.41, 5.74) is 1.15. The number of rotatable bonds is 3. The highest BCUT2D eigenvalue weighted by Crippen LogP contribution is 2.32. The van der Waals surface area contributed by atoms with Gasteiger partial charge in [0.15, 0.2) is 0 Å².